The summed E-state index contributed by atoms with van der Waals surface area (Å²) in [5, 5.41) is 3.30. The van der Waals surface area contributed by atoms with Crippen LogP contribution >= 0.6 is 20.1 Å². The molecule has 0 aliphatic carbocycles. The molecule has 1 nitrogen and oxygen atoms in total. The highest BCUT2D eigenvalue weighted by Crippen LogP contribution is 2.61. The van der Waals surface area contributed by atoms with Crippen molar-refractivity contribution in [3.05, 3.63) is 48.0 Å². The van der Waals surface area contributed by atoms with E-state index in [1.807, 2.05) is 0 Å². The van der Waals surface area contributed by atoms with Gasteiger partial charge in [0.1, 0.15) is 0 Å². The highest BCUT2D eigenvalue weighted by molar-refractivity contribution is 8.34. The fraction of sp³-hybridized carbons (Fsp3) is 0.565. The normalized spacial score (nSPS) is 13.8. The van der Waals surface area contributed by atoms with Gasteiger partial charge in [-0.2, -0.15) is 0 Å². The lowest BCUT2D eigenvalue weighted by Crippen LogP contribution is -2.19. The number of nitrogens with zero attached hydrogens (tertiary/aromatic N) is 1. The first-order chi connectivity index (χ1) is 12.6. The van der Waals surface area contributed by atoms with Gasteiger partial charge in [-0.1, -0.05) is 71.9 Å². The summed E-state index contributed by atoms with van der Waals surface area (Å²) in [6, 6.07) is 16.1. The molecule has 0 radical (unpaired) electrons. The zero-order valence-corrected chi connectivity index (χ0v) is 19.4. The van der Waals surface area contributed by atoms with Crippen molar-refractivity contribution in [1.29, 1.82) is 0 Å². The molecule has 3 heteroatoms. The van der Waals surface area contributed by atoms with Gasteiger partial charge < -0.3 is 4.57 Å². The molecule has 0 fully saturated rings. The third-order valence-electron chi connectivity index (χ3n) is 6.29. The molecule has 0 amide bonds. The largest absolute Gasteiger partial charge is 0.329 e. The van der Waals surface area contributed by atoms with E-state index < -0.39 is 20.1 Å². The number of rotatable bonds is 10. The second kappa shape index (κ2) is 9.41. The van der Waals surface area contributed by atoms with Crippen LogP contribution in [-0.4, -0.2) is 39.1 Å². The molecular weight excluding hydrogens is 354 g/mol. The molecule has 2 rings (SSSR count). The number of benzene rings is 1. The van der Waals surface area contributed by atoms with Crippen LogP contribution in [0, 0.1) is 0 Å². The molecule has 1 aromatic carbocycles. The topological polar surface area (TPSA) is 4.93 Å². The van der Waals surface area contributed by atoms with E-state index >= 15 is 0 Å². The SMILES string of the molecule is CCS(CC)(CC)c1ccc(S(CC)(CC)CC)n1Cc1ccccc1. The molecule has 26 heavy (non-hydrogen) atoms. The molecular formula is C23H39NS2. The van der Waals surface area contributed by atoms with Gasteiger partial charge in [0.05, 0.1) is 10.1 Å². The first kappa shape index (κ1) is 21.5. The summed E-state index contributed by atoms with van der Waals surface area (Å²) in [7, 11) is -1.45. The van der Waals surface area contributed by atoms with E-state index in [2.05, 4.69) is 88.6 Å². The maximum atomic E-state index is 2.76. The fourth-order valence-electron chi connectivity index (χ4n) is 4.22. The average molecular weight is 394 g/mol. The van der Waals surface area contributed by atoms with Gasteiger partial charge in [-0.05, 0) is 52.2 Å². The molecule has 0 spiro atoms. The van der Waals surface area contributed by atoms with Crippen LogP contribution in [0.25, 0.3) is 0 Å². The van der Waals surface area contributed by atoms with Crippen molar-refractivity contribution in [2.24, 2.45) is 0 Å². The predicted octanol–water partition coefficient (Wildman–Crippen LogP) is 6.98. The highest BCUT2D eigenvalue weighted by Gasteiger charge is 2.30. The van der Waals surface area contributed by atoms with Crippen LogP contribution < -0.4 is 0 Å². The zero-order valence-electron chi connectivity index (χ0n) is 17.8. The minimum absolute atomic E-state index is 0.727. The summed E-state index contributed by atoms with van der Waals surface area (Å²) in [5.41, 5.74) is 1.43. The van der Waals surface area contributed by atoms with Gasteiger partial charge in [-0.25, -0.2) is 20.1 Å². The van der Waals surface area contributed by atoms with Crippen molar-refractivity contribution in [2.75, 3.05) is 34.5 Å². The lowest BCUT2D eigenvalue weighted by molar-refractivity contribution is 0.662. The fourth-order valence-corrected chi connectivity index (χ4v) is 10.5. The van der Waals surface area contributed by atoms with E-state index in [9.17, 15) is 0 Å². The lowest BCUT2D eigenvalue weighted by atomic mass is 10.2. The Morgan fingerprint density at radius 3 is 1.31 bits per heavy atom. The van der Waals surface area contributed by atoms with Crippen LogP contribution in [0.15, 0.2) is 52.5 Å². The van der Waals surface area contributed by atoms with Crippen molar-refractivity contribution < 1.29 is 0 Å². The van der Waals surface area contributed by atoms with E-state index in [1.54, 1.807) is 10.1 Å². The molecule has 0 aliphatic heterocycles. The summed E-state index contributed by atoms with van der Waals surface area (Å²) in [5.74, 6) is 7.78. The minimum atomic E-state index is -0.727. The maximum Gasteiger partial charge on any atom is 0.0586 e. The van der Waals surface area contributed by atoms with Crippen LogP contribution in [0.1, 0.15) is 47.1 Å². The van der Waals surface area contributed by atoms with E-state index in [0.717, 1.165) is 6.54 Å². The van der Waals surface area contributed by atoms with E-state index in [0.29, 0.717) is 0 Å². The molecule has 1 aromatic heterocycles. The first-order valence-electron chi connectivity index (χ1n) is 10.3. The zero-order chi connectivity index (χ0) is 19.2. The Bertz CT molecular complexity index is 613. The highest BCUT2D eigenvalue weighted by atomic mass is 32.3. The summed E-state index contributed by atoms with van der Waals surface area (Å²) in [6.07, 6.45) is 0. The van der Waals surface area contributed by atoms with Gasteiger partial charge in [0.15, 0.2) is 0 Å². The predicted molar refractivity (Wildman–Crippen MR) is 125 cm³/mol. The van der Waals surface area contributed by atoms with Gasteiger partial charge >= 0.3 is 0 Å². The molecule has 0 N–H and O–H groups in total. The van der Waals surface area contributed by atoms with Crippen molar-refractivity contribution >= 4 is 20.1 Å². The molecule has 0 saturated heterocycles. The van der Waals surface area contributed by atoms with Gasteiger partial charge in [0.25, 0.3) is 0 Å². The Hall–Kier alpha value is -0.800. The Kier molecular flexibility index (Phi) is 7.78. The van der Waals surface area contributed by atoms with Gasteiger partial charge in [-0.15, -0.1) is 0 Å². The maximum absolute atomic E-state index is 2.76. The third-order valence-corrected chi connectivity index (χ3v) is 15.4. The standard InChI is InChI=1S/C23H39NS2/c1-7-25(8-2,9-3)22-18-19-23(26(10-4,11-5)12-6)24(22)20-21-16-14-13-15-17-21/h13-19H,7-12,20H2,1-6H3. The lowest BCUT2D eigenvalue weighted by Gasteiger charge is -2.42. The quantitative estimate of drug-likeness (QED) is 0.410. The van der Waals surface area contributed by atoms with E-state index in [-0.39, 0.29) is 0 Å². The summed E-state index contributed by atoms with van der Waals surface area (Å²) in [6.45, 7) is 15.5. The van der Waals surface area contributed by atoms with E-state index in [1.165, 1.54) is 40.1 Å². The monoisotopic (exact) mass is 393 g/mol. The Morgan fingerprint density at radius 2 is 0.962 bits per heavy atom. The summed E-state index contributed by atoms with van der Waals surface area (Å²) >= 11 is 0. The molecule has 1 heterocycles. The van der Waals surface area contributed by atoms with Crippen molar-refractivity contribution in [3.63, 3.8) is 0 Å². The molecule has 148 valence electrons. The Morgan fingerprint density at radius 1 is 0.577 bits per heavy atom. The van der Waals surface area contributed by atoms with Gasteiger partial charge in [-0.3, -0.25) is 0 Å². The average Bonchev–Trinajstić information content (AvgIpc) is 3.11. The van der Waals surface area contributed by atoms with Crippen molar-refractivity contribution in [1.82, 2.24) is 4.57 Å². The number of aromatic nitrogens is 1. The Balaban J connectivity index is 2.67. The third kappa shape index (κ3) is 3.89. The Labute approximate surface area is 165 Å². The van der Waals surface area contributed by atoms with Gasteiger partial charge in [0.2, 0.25) is 0 Å². The second-order valence-electron chi connectivity index (χ2n) is 6.90. The summed E-state index contributed by atoms with van der Waals surface area (Å²) in [4.78, 5) is 0. The number of hydrogen-bond donors (Lipinski definition) is 0. The van der Waals surface area contributed by atoms with Crippen LogP contribution in [0.3, 0.4) is 0 Å². The molecule has 0 bridgehead atoms. The minimum Gasteiger partial charge on any atom is -0.329 e. The smallest absolute Gasteiger partial charge is 0.0586 e. The molecule has 0 unspecified atom stereocenters. The molecule has 0 saturated carbocycles. The summed E-state index contributed by atoms with van der Waals surface area (Å²) < 4.78 is 2.76. The second-order valence-corrected chi connectivity index (χ2v) is 15.4. The molecule has 2 aromatic rings. The number of hydrogen-bond acceptors (Lipinski definition) is 0. The van der Waals surface area contributed by atoms with Crippen LogP contribution in [0.5, 0.6) is 0 Å². The van der Waals surface area contributed by atoms with E-state index in [4.69, 9.17) is 0 Å². The van der Waals surface area contributed by atoms with Crippen molar-refractivity contribution in [3.8, 4) is 0 Å². The molecule has 0 aliphatic rings. The van der Waals surface area contributed by atoms with Crippen LogP contribution in [-0.2, 0) is 6.54 Å². The van der Waals surface area contributed by atoms with Crippen molar-refractivity contribution in [2.45, 2.75) is 58.1 Å². The van der Waals surface area contributed by atoms with Crippen LogP contribution in [0.2, 0.25) is 0 Å². The first-order valence-corrected chi connectivity index (χ1v) is 14.6. The van der Waals surface area contributed by atoms with Gasteiger partial charge in [0, 0.05) is 6.54 Å². The molecule has 0 atom stereocenters. The van der Waals surface area contributed by atoms with Crippen LogP contribution in [0.4, 0.5) is 0 Å².